The highest BCUT2D eigenvalue weighted by Crippen LogP contribution is 2.25. The molecule has 1 aromatic carbocycles. The summed E-state index contributed by atoms with van der Waals surface area (Å²) in [6.07, 6.45) is 1.84. The molecule has 2 aromatic rings. The van der Waals surface area contributed by atoms with Gasteiger partial charge in [0.15, 0.2) is 18.3 Å². The van der Waals surface area contributed by atoms with Gasteiger partial charge in [0, 0.05) is 49.9 Å². The highest BCUT2D eigenvalue weighted by Gasteiger charge is 2.30. The SMILES string of the molecule is CC(C)OC(=O)OCO.CC1CCn2cc(C(=O)NCc3ccc(F)cc3F)c(=O)c(O)c2C1=O.CCCNCCNO. The smallest absolute Gasteiger partial charge is 0.503 e. The molecular formula is C28H40F2N4O9. The van der Waals surface area contributed by atoms with Crippen LogP contribution in [0.3, 0.4) is 0 Å². The molecular weight excluding hydrogens is 574 g/mol. The largest absolute Gasteiger partial charge is 0.510 e. The van der Waals surface area contributed by atoms with Crippen LogP contribution in [-0.4, -0.2) is 70.4 Å². The van der Waals surface area contributed by atoms with Crippen LogP contribution in [0.25, 0.3) is 0 Å². The second kappa shape index (κ2) is 19.3. The fraction of sp³-hybridized carbons (Fsp3) is 0.500. The number of hydrogen-bond donors (Lipinski definition) is 6. The molecule has 6 N–H and O–H groups in total. The second-order valence-corrected chi connectivity index (χ2v) is 9.58. The van der Waals surface area contributed by atoms with E-state index in [9.17, 15) is 33.1 Å². The summed E-state index contributed by atoms with van der Waals surface area (Å²) >= 11 is 0. The maximum absolute atomic E-state index is 13.6. The van der Waals surface area contributed by atoms with Gasteiger partial charge in [-0.15, -0.1) is 0 Å². The molecule has 0 radical (unpaired) electrons. The molecule has 0 bridgehead atoms. The molecule has 1 unspecified atom stereocenters. The van der Waals surface area contributed by atoms with E-state index in [4.69, 9.17) is 10.3 Å². The maximum Gasteiger partial charge on any atom is 0.510 e. The van der Waals surface area contributed by atoms with Gasteiger partial charge in [-0.05, 0) is 39.3 Å². The Balaban J connectivity index is 0.000000448. The van der Waals surface area contributed by atoms with Crippen LogP contribution in [-0.2, 0) is 22.6 Å². The summed E-state index contributed by atoms with van der Waals surface area (Å²) in [4.78, 5) is 46.9. The molecule has 1 aliphatic heterocycles. The Labute approximate surface area is 247 Å². The minimum absolute atomic E-state index is 0.0473. The molecule has 1 amide bonds. The summed E-state index contributed by atoms with van der Waals surface area (Å²) in [7, 11) is 0. The number of hydroxylamine groups is 1. The van der Waals surface area contributed by atoms with E-state index >= 15 is 0 Å². The topological polar surface area (TPSA) is 188 Å². The van der Waals surface area contributed by atoms with Crippen LogP contribution in [0.5, 0.6) is 5.75 Å². The van der Waals surface area contributed by atoms with E-state index in [-0.39, 0.29) is 41.2 Å². The lowest BCUT2D eigenvalue weighted by atomic mass is 9.94. The Morgan fingerprint density at radius 1 is 1.16 bits per heavy atom. The average molecular weight is 615 g/mol. The Morgan fingerprint density at radius 2 is 1.86 bits per heavy atom. The molecule has 1 atom stereocenters. The van der Waals surface area contributed by atoms with Crippen LogP contribution in [0.15, 0.2) is 29.2 Å². The van der Waals surface area contributed by atoms with Gasteiger partial charge < -0.3 is 40.1 Å². The number of aryl methyl sites for hydroxylation is 1. The molecule has 13 nitrogen and oxygen atoms in total. The van der Waals surface area contributed by atoms with Gasteiger partial charge in [0.05, 0.1) is 6.10 Å². The predicted molar refractivity (Wildman–Crippen MR) is 151 cm³/mol. The van der Waals surface area contributed by atoms with Crippen LogP contribution in [0.4, 0.5) is 13.6 Å². The number of fused-ring (bicyclic) bond motifs is 1. The third-order valence-electron chi connectivity index (χ3n) is 5.79. The first-order chi connectivity index (χ1) is 20.4. The quantitative estimate of drug-likeness (QED) is 0.0998. The number of benzene rings is 1. The Bertz CT molecular complexity index is 1270. The summed E-state index contributed by atoms with van der Waals surface area (Å²) in [5.41, 5.74) is 0.696. The first kappa shape index (κ1) is 37.1. The number of nitrogens with zero attached hydrogens (tertiary/aromatic N) is 1. The van der Waals surface area contributed by atoms with Crippen molar-refractivity contribution in [3.8, 4) is 5.75 Å². The molecule has 0 spiro atoms. The van der Waals surface area contributed by atoms with Crippen molar-refractivity contribution in [2.75, 3.05) is 26.4 Å². The molecule has 43 heavy (non-hydrogen) atoms. The van der Waals surface area contributed by atoms with E-state index in [1.165, 1.54) is 16.8 Å². The molecule has 1 aromatic heterocycles. The van der Waals surface area contributed by atoms with Crippen molar-refractivity contribution in [1.29, 1.82) is 0 Å². The third-order valence-corrected chi connectivity index (χ3v) is 5.79. The number of ether oxygens (including phenoxy) is 2. The van der Waals surface area contributed by atoms with Gasteiger partial charge in [0.2, 0.25) is 5.43 Å². The fourth-order valence-corrected chi connectivity index (χ4v) is 3.60. The lowest BCUT2D eigenvalue weighted by molar-refractivity contribution is -0.0172. The molecule has 15 heteroatoms. The number of amides is 1. The van der Waals surface area contributed by atoms with E-state index in [0.29, 0.717) is 25.6 Å². The average Bonchev–Trinajstić information content (AvgIpc) is 2.94. The van der Waals surface area contributed by atoms with E-state index in [2.05, 4.69) is 32.5 Å². The number of hydrogen-bond acceptors (Lipinski definition) is 11. The molecule has 1 aliphatic rings. The van der Waals surface area contributed by atoms with Gasteiger partial charge in [-0.25, -0.2) is 19.1 Å². The summed E-state index contributed by atoms with van der Waals surface area (Å²) in [5, 5.41) is 31.7. The first-order valence-electron chi connectivity index (χ1n) is 13.6. The van der Waals surface area contributed by atoms with Crippen LogP contribution in [0.1, 0.15) is 66.9 Å². The standard InChI is InChI=1S/C18H16F2N2O4.C5H14N2O.C5H10O4/c1-9-4-5-22-8-12(16(24)17(25)14(22)15(9)23)18(26)21-7-10-2-3-11(19)6-13(10)20;1-2-3-6-4-5-7-8;1-4(2)9-5(7)8-3-6/h2-3,6,8-9,25H,4-5,7H2,1H3,(H,21,26);6-8H,2-5H2,1H3;4,6H,3H2,1-2H3. The first-order valence-corrected chi connectivity index (χ1v) is 13.6. The van der Waals surface area contributed by atoms with E-state index in [0.717, 1.165) is 25.6 Å². The van der Waals surface area contributed by atoms with Crippen molar-refractivity contribution < 1.29 is 48.1 Å². The van der Waals surface area contributed by atoms with Gasteiger partial charge in [-0.2, -0.15) is 0 Å². The van der Waals surface area contributed by atoms with Crippen molar-refractivity contribution in [1.82, 2.24) is 20.7 Å². The number of pyridine rings is 1. The molecule has 0 saturated carbocycles. The lowest BCUT2D eigenvalue weighted by Crippen LogP contribution is -2.34. The van der Waals surface area contributed by atoms with Crippen molar-refractivity contribution >= 4 is 17.8 Å². The third kappa shape index (κ3) is 12.5. The van der Waals surface area contributed by atoms with E-state index < -0.39 is 41.7 Å². The fourth-order valence-electron chi connectivity index (χ4n) is 3.60. The molecule has 0 saturated heterocycles. The summed E-state index contributed by atoms with van der Waals surface area (Å²) in [6.45, 7) is 9.17. The number of halogens is 2. The minimum atomic E-state index is -0.962. The molecule has 3 rings (SSSR count). The van der Waals surface area contributed by atoms with Crippen molar-refractivity contribution in [3.05, 3.63) is 63.1 Å². The highest BCUT2D eigenvalue weighted by atomic mass is 19.1. The summed E-state index contributed by atoms with van der Waals surface area (Å²) < 4.78 is 36.4. The van der Waals surface area contributed by atoms with Crippen LogP contribution < -0.4 is 21.5 Å². The van der Waals surface area contributed by atoms with Crippen LogP contribution >= 0.6 is 0 Å². The maximum atomic E-state index is 13.6. The number of ketones is 1. The zero-order valence-electron chi connectivity index (χ0n) is 24.6. The number of aromatic nitrogens is 1. The second-order valence-electron chi connectivity index (χ2n) is 9.58. The molecule has 0 fully saturated rings. The van der Waals surface area contributed by atoms with E-state index in [1.54, 1.807) is 20.8 Å². The van der Waals surface area contributed by atoms with Crippen LogP contribution in [0, 0.1) is 17.6 Å². The molecule has 2 heterocycles. The van der Waals surface area contributed by atoms with Crippen molar-refractivity contribution in [2.24, 2.45) is 5.92 Å². The van der Waals surface area contributed by atoms with E-state index in [1.807, 2.05) is 0 Å². The number of aliphatic hydroxyl groups excluding tert-OH is 1. The number of carbonyl (C=O) groups is 3. The number of aliphatic hydroxyl groups is 1. The summed E-state index contributed by atoms with van der Waals surface area (Å²) in [6, 6.07) is 2.92. The lowest BCUT2D eigenvalue weighted by Gasteiger charge is -2.23. The summed E-state index contributed by atoms with van der Waals surface area (Å²) in [5.74, 6) is -3.82. The van der Waals surface area contributed by atoms with Gasteiger partial charge >= 0.3 is 6.16 Å². The normalized spacial score (nSPS) is 13.6. The number of rotatable bonds is 10. The zero-order valence-corrected chi connectivity index (χ0v) is 24.6. The van der Waals surface area contributed by atoms with Gasteiger partial charge in [0.25, 0.3) is 5.91 Å². The van der Waals surface area contributed by atoms with Crippen molar-refractivity contribution in [3.63, 3.8) is 0 Å². The molecule has 0 aliphatic carbocycles. The van der Waals surface area contributed by atoms with Gasteiger partial charge in [-0.1, -0.05) is 19.9 Å². The number of Topliss-reactive ketones (excluding diaryl/α,β-unsaturated/α-hetero) is 1. The van der Waals surface area contributed by atoms with Gasteiger partial charge in [0.1, 0.15) is 22.9 Å². The van der Waals surface area contributed by atoms with Crippen molar-refractivity contribution in [2.45, 2.75) is 59.7 Å². The Hall–Kier alpha value is -3.92. The Morgan fingerprint density at radius 3 is 2.44 bits per heavy atom. The monoisotopic (exact) mass is 614 g/mol. The Kier molecular flexibility index (Phi) is 16.7. The highest BCUT2D eigenvalue weighted by molar-refractivity contribution is 6.01. The zero-order chi connectivity index (χ0) is 32.5. The predicted octanol–water partition coefficient (Wildman–Crippen LogP) is 2.45. The number of carbonyl (C=O) groups excluding carboxylic acids is 3. The van der Waals surface area contributed by atoms with Gasteiger partial charge in [-0.3, -0.25) is 14.4 Å². The molecule has 240 valence electrons. The van der Waals surface area contributed by atoms with Crippen LogP contribution in [0.2, 0.25) is 0 Å². The minimum Gasteiger partial charge on any atom is -0.503 e. The number of nitrogens with one attached hydrogen (secondary N) is 3. The number of aromatic hydroxyl groups is 1.